The molecule has 2 fully saturated rings. The number of carbonyl (C=O) groups is 2. The summed E-state index contributed by atoms with van der Waals surface area (Å²) in [5.41, 5.74) is 2.30. The zero-order valence-electron chi connectivity index (χ0n) is 15.7. The van der Waals surface area contributed by atoms with Crippen LogP contribution in [0.25, 0.3) is 0 Å². The number of likely N-dealkylation sites (N-methyl/N-ethyl adjacent to an activating group) is 1. The third-order valence-electron chi connectivity index (χ3n) is 5.66. The van der Waals surface area contributed by atoms with Gasteiger partial charge in [-0.05, 0) is 46.6 Å². The van der Waals surface area contributed by atoms with E-state index in [1.165, 1.54) is 0 Å². The Morgan fingerprint density at radius 3 is 2.48 bits per heavy atom. The fraction of sp³-hybridized carbons (Fsp3) is 0.722. The van der Waals surface area contributed by atoms with Gasteiger partial charge in [0, 0.05) is 31.7 Å². The normalized spacial score (nSPS) is 23.6. The molecule has 0 aliphatic carbocycles. The van der Waals surface area contributed by atoms with Crippen molar-refractivity contribution in [3.05, 3.63) is 11.4 Å². The van der Waals surface area contributed by atoms with Gasteiger partial charge in [0.25, 0.3) is 0 Å². The summed E-state index contributed by atoms with van der Waals surface area (Å²) in [5, 5.41) is 7.22. The molecule has 0 spiro atoms. The number of rotatable bonds is 3. The van der Waals surface area contributed by atoms with E-state index in [1.807, 2.05) is 30.4 Å². The highest BCUT2D eigenvalue weighted by molar-refractivity contribution is 6.39. The Morgan fingerprint density at radius 1 is 1.12 bits per heavy atom. The number of nitrogens with zero attached hydrogens (tertiary/aromatic N) is 4. The van der Waals surface area contributed by atoms with Crippen molar-refractivity contribution < 1.29 is 9.59 Å². The quantitative estimate of drug-likeness (QED) is 0.842. The molecule has 2 bridgehead atoms. The lowest BCUT2D eigenvalue weighted by Crippen LogP contribution is -2.47. The topological polar surface area (TPSA) is 70.5 Å². The number of hydrogen-bond acceptors (Lipinski definition) is 4. The predicted molar refractivity (Wildman–Crippen MR) is 96.4 cm³/mol. The number of aromatic nitrogens is 2. The molecule has 0 saturated carbocycles. The second kappa shape index (κ2) is 7.15. The smallest absolute Gasteiger partial charge is 0.314 e. The first kappa shape index (κ1) is 17.9. The van der Waals surface area contributed by atoms with E-state index < -0.39 is 11.8 Å². The SMILES string of the molecule is CCN1CC[C@H]2CC[C@@H](C1)N2C(=O)C(=O)Nc1c(C)nn(CC)c1C. The van der Waals surface area contributed by atoms with Crippen LogP contribution in [0.1, 0.15) is 44.5 Å². The van der Waals surface area contributed by atoms with E-state index in [4.69, 9.17) is 0 Å². The number of nitrogens with one attached hydrogen (secondary N) is 1. The Hall–Kier alpha value is -1.89. The maximum atomic E-state index is 12.9. The van der Waals surface area contributed by atoms with Crippen LogP contribution < -0.4 is 5.32 Å². The molecule has 3 rings (SSSR count). The molecule has 2 atom stereocenters. The molecule has 7 heteroatoms. The van der Waals surface area contributed by atoms with Crippen molar-refractivity contribution in [3.63, 3.8) is 0 Å². The molecule has 2 aliphatic heterocycles. The Morgan fingerprint density at radius 2 is 1.84 bits per heavy atom. The molecular formula is C18H29N5O2. The molecule has 1 aromatic heterocycles. The van der Waals surface area contributed by atoms with Gasteiger partial charge < -0.3 is 15.1 Å². The van der Waals surface area contributed by atoms with Crippen LogP contribution in [0, 0.1) is 13.8 Å². The van der Waals surface area contributed by atoms with Gasteiger partial charge in [0.1, 0.15) is 0 Å². The first-order chi connectivity index (χ1) is 12.0. The summed E-state index contributed by atoms with van der Waals surface area (Å²) in [6, 6.07) is 0.353. The van der Waals surface area contributed by atoms with Crippen molar-refractivity contribution in [2.45, 2.75) is 65.6 Å². The van der Waals surface area contributed by atoms with Gasteiger partial charge in [0.05, 0.1) is 17.1 Å². The van der Waals surface area contributed by atoms with Gasteiger partial charge in [-0.1, -0.05) is 6.92 Å². The van der Waals surface area contributed by atoms with Gasteiger partial charge in [-0.15, -0.1) is 0 Å². The average molecular weight is 347 g/mol. The van der Waals surface area contributed by atoms with Crippen molar-refractivity contribution in [3.8, 4) is 0 Å². The second-order valence-electron chi connectivity index (χ2n) is 7.10. The highest BCUT2D eigenvalue weighted by Crippen LogP contribution is 2.30. The standard InChI is InChI=1S/C18H29N5O2/c1-5-21-10-9-14-7-8-15(11-21)23(14)18(25)17(24)19-16-12(3)20-22(6-2)13(16)4/h14-15H,5-11H2,1-4H3,(H,19,24)/t14-,15+/m1/s1. The summed E-state index contributed by atoms with van der Waals surface area (Å²) in [6.07, 6.45) is 2.95. The van der Waals surface area contributed by atoms with Crippen molar-refractivity contribution >= 4 is 17.5 Å². The largest absolute Gasteiger partial charge is 0.327 e. The van der Waals surface area contributed by atoms with Crippen molar-refractivity contribution in [2.75, 3.05) is 25.0 Å². The first-order valence-corrected chi connectivity index (χ1v) is 9.36. The van der Waals surface area contributed by atoms with Crippen LogP contribution in [0.4, 0.5) is 5.69 Å². The Balaban J connectivity index is 1.75. The van der Waals surface area contributed by atoms with E-state index in [-0.39, 0.29) is 12.1 Å². The maximum Gasteiger partial charge on any atom is 0.314 e. The molecule has 138 valence electrons. The van der Waals surface area contributed by atoms with Gasteiger partial charge in [0.2, 0.25) is 0 Å². The van der Waals surface area contributed by atoms with Gasteiger partial charge in [-0.25, -0.2) is 0 Å². The highest BCUT2D eigenvalue weighted by atomic mass is 16.2. The molecular weight excluding hydrogens is 318 g/mol. The molecule has 2 amide bonds. The van der Waals surface area contributed by atoms with E-state index in [0.29, 0.717) is 5.69 Å². The number of fused-ring (bicyclic) bond motifs is 2. The maximum absolute atomic E-state index is 12.9. The van der Waals surface area contributed by atoms with Crippen molar-refractivity contribution in [1.82, 2.24) is 19.6 Å². The summed E-state index contributed by atoms with van der Waals surface area (Å²) < 4.78 is 1.84. The fourth-order valence-electron chi connectivity index (χ4n) is 4.23. The number of carbonyl (C=O) groups excluding carboxylic acids is 2. The van der Waals surface area contributed by atoms with Crippen LogP contribution in [-0.4, -0.2) is 63.1 Å². The minimum atomic E-state index is -0.538. The van der Waals surface area contributed by atoms with Gasteiger partial charge in [-0.3, -0.25) is 14.3 Å². The lowest BCUT2D eigenvalue weighted by atomic mass is 10.1. The molecule has 1 aromatic rings. The average Bonchev–Trinajstić information content (AvgIpc) is 3.03. The van der Waals surface area contributed by atoms with Gasteiger partial charge >= 0.3 is 11.8 Å². The summed E-state index contributed by atoms with van der Waals surface area (Å²) in [7, 11) is 0. The van der Waals surface area contributed by atoms with Crippen molar-refractivity contribution in [2.24, 2.45) is 0 Å². The van der Waals surface area contributed by atoms with Crippen LogP contribution in [0.2, 0.25) is 0 Å². The highest BCUT2D eigenvalue weighted by Gasteiger charge is 2.42. The van der Waals surface area contributed by atoms with E-state index in [2.05, 4.69) is 22.2 Å². The van der Waals surface area contributed by atoms with Crippen LogP contribution in [0.3, 0.4) is 0 Å². The van der Waals surface area contributed by atoms with Crippen LogP contribution in [-0.2, 0) is 16.1 Å². The van der Waals surface area contributed by atoms with Crippen LogP contribution in [0.15, 0.2) is 0 Å². The van der Waals surface area contributed by atoms with E-state index in [9.17, 15) is 9.59 Å². The molecule has 0 radical (unpaired) electrons. The third kappa shape index (κ3) is 3.29. The van der Waals surface area contributed by atoms with E-state index in [0.717, 1.165) is 56.8 Å². The summed E-state index contributed by atoms with van der Waals surface area (Å²) >= 11 is 0. The predicted octanol–water partition coefficient (Wildman–Crippen LogP) is 1.54. The van der Waals surface area contributed by atoms with Crippen LogP contribution >= 0.6 is 0 Å². The zero-order chi connectivity index (χ0) is 18.1. The second-order valence-corrected chi connectivity index (χ2v) is 7.10. The lowest BCUT2D eigenvalue weighted by Gasteiger charge is -2.28. The number of hydrogen-bond donors (Lipinski definition) is 1. The molecule has 2 saturated heterocycles. The van der Waals surface area contributed by atoms with E-state index >= 15 is 0 Å². The number of likely N-dealkylation sites (tertiary alicyclic amines) is 1. The number of aryl methyl sites for hydroxylation is 2. The molecule has 0 aromatic carbocycles. The fourth-order valence-corrected chi connectivity index (χ4v) is 4.23. The minimum Gasteiger partial charge on any atom is -0.327 e. The Bertz CT molecular complexity index is 669. The first-order valence-electron chi connectivity index (χ1n) is 9.36. The molecule has 7 nitrogen and oxygen atoms in total. The third-order valence-corrected chi connectivity index (χ3v) is 5.66. The molecule has 3 heterocycles. The zero-order valence-corrected chi connectivity index (χ0v) is 15.7. The van der Waals surface area contributed by atoms with E-state index in [1.54, 1.807) is 0 Å². The summed E-state index contributed by atoms with van der Waals surface area (Å²) in [4.78, 5) is 29.7. The summed E-state index contributed by atoms with van der Waals surface area (Å²) in [5.74, 6) is -0.933. The minimum absolute atomic E-state index is 0.159. The summed E-state index contributed by atoms with van der Waals surface area (Å²) in [6.45, 7) is 11.5. The van der Waals surface area contributed by atoms with Crippen molar-refractivity contribution in [1.29, 1.82) is 0 Å². The Kier molecular flexibility index (Phi) is 5.13. The number of anilines is 1. The lowest BCUT2D eigenvalue weighted by molar-refractivity contribution is -0.145. The van der Waals surface area contributed by atoms with Crippen LogP contribution in [0.5, 0.6) is 0 Å². The molecule has 25 heavy (non-hydrogen) atoms. The molecule has 2 aliphatic rings. The molecule has 1 N–H and O–H groups in total. The van der Waals surface area contributed by atoms with Gasteiger partial charge in [-0.2, -0.15) is 5.10 Å². The van der Waals surface area contributed by atoms with Gasteiger partial charge in [0.15, 0.2) is 0 Å². The number of amides is 2. The monoisotopic (exact) mass is 347 g/mol. The molecule has 0 unspecified atom stereocenters. The Labute approximate surface area is 149 Å².